The summed E-state index contributed by atoms with van der Waals surface area (Å²) in [6.45, 7) is 3.85. The highest BCUT2D eigenvalue weighted by Crippen LogP contribution is 2.42. The third-order valence-electron chi connectivity index (χ3n) is 8.31. The summed E-state index contributed by atoms with van der Waals surface area (Å²) in [4.78, 5) is 28.7. The number of methoxy groups -OCH3 is 1. The van der Waals surface area contributed by atoms with Gasteiger partial charge in [-0.05, 0) is 52.4 Å². The largest absolute Gasteiger partial charge is 0.368 e. The number of fused-ring (bicyclic) bond motifs is 1. The Morgan fingerprint density at radius 3 is 2.67 bits per heavy atom. The van der Waals surface area contributed by atoms with E-state index in [0.717, 1.165) is 46.5 Å². The lowest BCUT2D eigenvalue weighted by molar-refractivity contribution is -0.148. The number of thiazole rings is 1. The number of halogens is 1. The summed E-state index contributed by atoms with van der Waals surface area (Å²) in [7, 11) is 1.59. The number of anilines is 2. The van der Waals surface area contributed by atoms with Gasteiger partial charge >= 0.3 is 0 Å². The van der Waals surface area contributed by atoms with Crippen LogP contribution in [0.15, 0.2) is 30.9 Å². The zero-order chi connectivity index (χ0) is 29.7. The van der Waals surface area contributed by atoms with E-state index in [1.807, 2.05) is 30.8 Å². The second kappa shape index (κ2) is 10.8. The number of aryl methyl sites for hydroxylation is 1. The number of amides is 1. The van der Waals surface area contributed by atoms with Crippen LogP contribution in [0.1, 0.15) is 79.8 Å². The van der Waals surface area contributed by atoms with E-state index in [-0.39, 0.29) is 17.9 Å². The molecule has 0 aliphatic heterocycles. The molecule has 5 aromatic heterocycles. The summed E-state index contributed by atoms with van der Waals surface area (Å²) in [5.74, 6) is 1.54. The summed E-state index contributed by atoms with van der Waals surface area (Å²) in [6, 6.07) is 1.99. The molecule has 1 atom stereocenters. The number of H-pyrrole nitrogens is 1. The molecule has 224 valence electrons. The van der Waals surface area contributed by atoms with Crippen LogP contribution in [-0.2, 0) is 9.53 Å². The normalized spacial score (nSPS) is 21.3. The number of rotatable bonds is 9. The number of carbonyl (C=O) groups excluding carboxylic acids is 1. The quantitative estimate of drug-likeness (QED) is 0.218. The van der Waals surface area contributed by atoms with Crippen molar-refractivity contribution in [3.8, 4) is 5.13 Å². The predicted molar refractivity (Wildman–Crippen MR) is 157 cm³/mol. The first-order valence-electron chi connectivity index (χ1n) is 14.4. The van der Waals surface area contributed by atoms with Crippen molar-refractivity contribution in [2.24, 2.45) is 0 Å². The van der Waals surface area contributed by atoms with Crippen molar-refractivity contribution in [2.75, 3.05) is 12.4 Å². The Balaban J connectivity index is 1.08. The van der Waals surface area contributed by atoms with Gasteiger partial charge in [0.05, 0.1) is 36.1 Å². The molecular weight excluding hydrogens is 573 g/mol. The molecule has 3 N–H and O–H groups in total. The maximum atomic E-state index is 13.6. The number of aromatic amines is 1. The molecular formula is C28H32FN11O2S. The minimum Gasteiger partial charge on any atom is -0.368 e. The fourth-order valence-corrected chi connectivity index (χ4v) is 6.51. The molecule has 0 aromatic carbocycles. The Morgan fingerprint density at radius 1 is 1.19 bits per heavy atom. The molecule has 1 amide bonds. The minimum absolute atomic E-state index is 0.0560. The summed E-state index contributed by atoms with van der Waals surface area (Å²) in [6.07, 6.45) is 10.5. The zero-order valence-corrected chi connectivity index (χ0v) is 24.9. The van der Waals surface area contributed by atoms with Crippen LogP contribution in [0.3, 0.4) is 0 Å². The van der Waals surface area contributed by atoms with Gasteiger partial charge < -0.3 is 15.4 Å². The highest BCUT2D eigenvalue weighted by molar-refractivity contribution is 7.14. The third-order valence-corrected chi connectivity index (χ3v) is 9.48. The molecule has 2 aliphatic carbocycles. The second-order valence-corrected chi connectivity index (χ2v) is 12.4. The lowest BCUT2D eigenvalue weighted by atomic mass is 9.77. The van der Waals surface area contributed by atoms with Crippen LogP contribution >= 0.6 is 11.3 Å². The molecule has 2 aliphatic rings. The topological polar surface area (TPSA) is 153 Å². The summed E-state index contributed by atoms with van der Waals surface area (Å²) in [5.41, 5.74) is 0.803. The number of nitrogens with zero attached hydrogens (tertiary/aromatic N) is 8. The van der Waals surface area contributed by atoms with Gasteiger partial charge in [-0.2, -0.15) is 15.3 Å². The molecule has 5 aromatic rings. The fraction of sp³-hybridized carbons (Fsp3) is 0.464. The smallest absolute Gasteiger partial charge is 0.252 e. The van der Waals surface area contributed by atoms with Crippen LogP contribution in [0.2, 0.25) is 0 Å². The van der Waals surface area contributed by atoms with Gasteiger partial charge in [0.25, 0.3) is 5.91 Å². The molecule has 0 unspecified atom stereocenters. The minimum atomic E-state index is -0.961. The summed E-state index contributed by atoms with van der Waals surface area (Å²) < 4.78 is 22.7. The first kappa shape index (κ1) is 27.6. The van der Waals surface area contributed by atoms with Crippen molar-refractivity contribution in [3.05, 3.63) is 53.1 Å². The van der Waals surface area contributed by atoms with Crippen molar-refractivity contribution >= 4 is 39.9 Å². The molecule has 2 fully saturated rings. The molecule has 0 spiro atoms. The van der Waals surface area contributed by atoms with E-state index in [9.17, 15) is 9.18 Å². The first-order valence-corrected chi connectivity index (χ1v) is 15.2. The van der Waals surface area contributed by atoms with Crippen LogP contribution in [0.4, 0.5) is 16.0 Å². The van der Waals surface area contributed by atoms with E-state index in [4.69, 9.17) is 14.7 Å². The van der Waals surface area contributed by atoms with Crippen molar-refractivity contribution < 1.29 is 13.9 Å². The van der Waals surface area contributed by atoms with Crippen molar-refractivity contribution in [1.82, 2.24) is 50.0 Å². The number of hydrogen-bond acceptors (Lipinski definition) is 10. The van der Waals surface area contributed by atoms with E-state index in [0.29, 0.717) is 48.5 Å². The van der Waals surface area contributed by atoms with Gasteiger partial charge in [0.15, 0.2) is 17.3 Å². The maximum absolute atomic E-state index is 13.6. The molecule has 5 heterocycles. The van der Waals surface area contributed by atoms with Crippen LogP contribution in [-0.4, -0.2) is 63.3 Å². The van der Waals surface area contributed by atoms with E-state index in [2.05, 4.69) is 36.0 Å². The van der Waals surface area contributed by atoms with Crippen molar-refractivity contribution in [3.63, 3.8) is 0 Å². The lowest BCUT2D eigenvalue weighted by Gasteiger charge is -2.38. The zero-order valence-electron chi connectivity index (χ0n) is 24.0. The average Bonchev–Trinajstić information content (AvgIpc) is 3.37. The van der Waals surface area contributed by atoms with Crippen LogP contribution in [0, 0.1) is 12.7 Å². The van der Waals surface area contributed by atoms with Crippen LogP contribution < -0.4 is 10.6 Å². The first-order chi connectivity index (χ1) is 20.8. The van der Waals surface area contributed by atoms with Crippen molar-refractivity contribution in [2.45, 2.75) is 76.0 Å². The highest BCUT2D eigenvalue weighted by atomic mass is 32.1. The van der Waals surface area contributed by atoms with Gasteiger partial charge in [0.1, 0.15) is 17.2 Å². The highest BCUT2D eigenvalue weighted by Gasteiger charge is 2.44. The van der Waals surface area contributed by atoms with Crippen LogP contribution in [0.25, 0.3) is 16.2 Å². The summed E-state index contributed by atoms with van der Waals surface area (Å²) >= 11 is 1.34. The standard InChI is InChI=1S/C28H32FN11O2S/c1-15-10-22(38-37-15)34-24-20-12-32-40(19-4-5-19)25(20)36-23(35-24)17-6-8-28(42-3,9-7-17)26(41)33-16(2)21-13-30-27(43-21)39-14-18(29)11-31-39/h10-14,16-17,19H,4-9H2,1-3H3,(H,33,41)(H2,34,35,36,37,38)/t16-,17-,28+/m0/s1. The van der Waals surface area contributed by atoms with E-state index in [1.165, 1.54) is 22.2 Å². The molecule has 15 heteroatoms. The molecule has 0 radical (unpaired) electrons. The SMILES string of the molecule is CO[C@]1(C(=O)N[C@@H](C)c2cnc(-n3cc(F)cn3)s2)CC[C@H](c2nc(Nc3cc(C)[nH]n3)c3cnn(C4CC4)c3n2)CC1. The monoisotopic (exact) mass is 605 g/mol. The Morgan fingerprint density at radius 2 is 2.00 bits per heavy atom. The molecule has 0 saturated heterocycles. The van der Waals surface area contributed by atoms with Gasteiger partial charge in [0, 0.05) is 35.9 Å². The predicted octanol–water partition coefficient (Wildman–Crippen LogP) is 4.64. The number of carbonyl (C=O) groups is 1. The van der Waals surface area contributed by atoms with E-state index < -0.39 is 11.4 Å². The van der Waals surface area contributed by atoms with E-state index in [1.54, 1.807) is 13.3 Å². The maximum Gasteiger partial charge on any atom is 0.252 e. The molecule has 0 bridgehead atoms. The van der Waals surface area contributed by atoms with E-state index >= 15 is 0 Å². The van der Waals surface area contributed by atoms with Gasteiger partial charge in [0.2, 0.25) is 5.13 Å². The average molecular weight is 606 g/mol. The number of aromatic nitrogens is 9. The van der Waals surface area contributed by atoms with Gasteiger partial charge in [-0.15, -0.1) is 0 Å². The van der Waals surface area contributed by atoms with Gasteiger partial charge in [-0.25, -0.2) is 28.7 Å². The summed E-state index contributed by atoms with van der Waals surface area (Å²) in [5, 5.41) is 23.7. The fourth-order valence-electron chi connectivity index (χ4n) is 5.66. The Hall–Kier alpha value is -4.24. The Labute approximate surface area is 250 Å². The Bertz CT molecular complexity index is 1780. The molecule has 7 rings (SSSR count). The number of nitrogens with one attached hydrogen (secondary N) is 3. The number of hydrogen-bond donors (Lipinski definition) is 3. The van der Waals surface area contributed by atoms with Gasteiger partial charge in [-0.3, -0.25) is 9.89 Å². The molecule has 13 nitrogen and oxygen atoms in total. The van der Waals surface area contributed by atoms with Crippen molar-refractivity contribution in [1.29, 1.82) is 0 Å². The second-order valence-electron chi connectivity index (χ2n) is 11.4. The molecule has 2 saturated carbocycles. The van der Waals surface area contributed by atoms with Gasteiger partial charge in [-0.1, -0.05) is 11.3 Å². The van der Waals surface area contributed by atoms with Crippen LogP contribution in [0.5, 0.6) is 0 Å². The lowest BCUT2D eigenvalue weighted by Crippen LogP contribution is -2.50. The molecule has 43 heavy (non-hydrogen) atoms. The third kappa shape index (κ3) is 5.27. The number of ether oxygens (including phenoxy) is 1. The Kier molecular flexibility index (Phi) is 6.92.